The average molecular weight is 269 g/mol. The van der Waals surface area contributed by atoms with Gasteiger partial charge in [-0.2, -0.15) is 0 Å². The van der Waals surface area contributed by atoms with Crippen LogP contribution in [0.15, 0.2) is 18.2 Å². The van der Waals surface area contributed by atoms with Gasteiger partial charge in [-0.25, -0.2) is 8.78 Å². The molecule has 19 heavy (non-hydrogen) atoms. The summed E-state index contributed by atoms with van der Waals surface area (Å²) in [6.07, 6.45) is 1.47. The number of hydrogen-bond donors (Lipinski definition) is 1. The van der Waals surface area contributed by atoms with E-state index in [1.165, 1.54) is 11.0 Å². The van der Waals surface area contributed by atoms with Gasteiger partial charge in [-0.05, 0) is 31.0 Å². The van der Waals surface area contributed by atoms with Gasteiger partial charge in [0, 0.05) is 18.2 Å². The van der Waals surface area contributed by atoms with E-state index in [0.29, 0.717) is 0 Å². The number of carboxylic acid groups (broad SMARTS) is 1. The summed E-state index contributed by atoms with van der Waals surface area (Å²) in [5.41, 5.74) is 0.0381. The molecule has 0 radical (unpaired) electrons. The summed E-state index contributed by atoms with van der Waals surface area (Å²) in [5, 5.41) is 8.65. The molecule has 0 heterocycles. The van der Waals surface area contributed by atoms with Gasteiger partial charge in [0.15, 0.2) is 11.6 Å². The fraction of sp³-hybridized carbons (Fsp3) is 0.385. The van der Waals surface area contributed by atoms with Crippen molar-refractivity contribution in [1.29, 1.82) is 0 Å². The molecule has 0 bridgehead atoms. The van der Waals surface area contributed by atoms with Gasteiger partial charge >= 0.3 is 5.97 Å². The standard InChI is InChI=1S/C13H13F2NO3/c14-10-4-1-8(7-11(10)15)13(19)16(9-2-3-9)6-5-12(17)18/h1,4,7,9H,2-3,5-6H2,(H,17,18). The highest BCUT2D eigenvalue weighted by Gasteiger charge is 2.33. The van der Waals surface area contributed by atoms with Crippen molar-refractivity contribution in [3.05, 3.63) is 35.4 Å². The first-order valence-corrected chi connectivity index (χ1v) is 5.97. The number of benzene rings is 1. The summed E-state index contributed by atoms with van der Waals surface area (Å²) in [7, 11) is 0. The zero-order chi connectivity index (χ0) is 14.0. The van der Waals surface area contributed by atoms with Crippen molar-refractivity contribution in [1.82, 2.24) is 4.90 Å². The molecule has 102 valence electrons. The molecular formula is C13H13F2NO3. The van der Waals surface area contributed by atoms with Crippen molar-refractivity contribution in [3.8, 4) is 0 Å². The third-order valence-corrected chi connectivity index (χ3v) is 2.98. The van der Waals surface area contributed by atoms with Crippen molar-refractivity contribution in [2.75, 3.05) is 6.54 Å². The maximum atomic E-state index is 13.1. The van der Waals surface area contributed by atoms with Crippen LogP contribution in [-0.4, -0.2) is 34.5 Å². The predicted octanol–water partition coefficient (Wildman–Crippen LogP) is 2.04. The summed E-state index contributed by atoms with van der Waals surface area (Å²) in [6, 6.07) is 2.95. The van der Waals surface area contributed by atoms with Crippen molar-refractivity contribution < 1.29 is 23.5 Å². The highest BCUT2D eigenvalue weighted by molar-refractivity contribution is 5.94. The van der Waals surface area contributed by atoms with Crippen LogP contribution in [0, 0.1) is 11.6 Å². The molecular weight excluding hydrogens is 256 g/mol. The highest BCUT2D eigenvalue weighted by Crippen LogP contribution is 2.28. The summed E-state index contributed by atoms with van der Waals surface area (Å²) < 4.78 is 25.9. The molecule has 1 aromatic rings. The van der Waals surface area contributed by atoms with Gasteiger partial charge in [-0.1, -0.05) is 0 Å². The van der Waals surface area contributed by atoms with Gasteiger partial charge in [0.25, 0.3) is 5.91 Å². The predicted molar refractivity (Wildman–Crippen MR) is 62.7 cm³/mol. The molecule has 6 heteroatoms. The molecule has 0 spiro atoms. The lowest BCUT2D eigenvalue weighted by Crippen LogP contribution is -2.35. The number of hydrogen-bond acceptors (Lipinski definition) is 2. The minimum absolute atomic E-state index is 0.0139. The van der Waals surface area contributed by atoms with Crippen LogP contribution in [0.5, 0.6) is 0 Å². The van der Waals surface area contributed by atoms with Crippen LogP contribution in [0.3, 0.4) is 0 Å². The molecule has 1 aromatic carbocycles. The van der Waals surface area contributed by atoms with Crippen molar-refractivity contribution >= 4 is 11.9 Å². The quantitative estimate of drug-likeness (QED) is 0.890. The highest BCUT2D eigenvalue weighted by atomic mass is 19.2. The first-order valence-electron chi connectivity index (χ1n) is 5.97. The monoisotopic (exact) mass is 269 g/mol. The Labute approximate surface area is 108 Å². The Hall–Kier alpha value is -1.98. The van der Waals surface area contributed by atoms with E-state index in [2.05, 4.69) is 0 Å². The Kier molecular flexibility index (Phi) is 3.78. The molecule has 1 saturated carbocycles. The Balaban J connectivity index is 2.14. The number of carbonyl (C=O) groups excluding carboxylic acids is 1. The van der Waals surface area contributed by atoms with Crippen molar-refractivity contribution in [3.63, 3.8) is 0 Å². The van der Waals surface area contributed by atoms with Crippen LogP contribution in [-0.2, 0) is 4.79 Å². The zero-order valence-corrected chi connectivity index (χ0v) is 10.1. The lowest BCUT2D eigenvalue weighted by molar-refractivity contribution is -0.137. The van der Waals surface area contributed by atoms with Crippen LogP contribution in [0.2, 0.25) is 0 Å². The first-order chi connectivity index (χ1) is 8.99. The number of halogens is 2. The van der Waals surface area contributed by atoms with Crippen molar-refractivity contribution in [2.45, 2.75) is 25.3 Å². The molecule has 1 amide bonds. The Morgan fingerprint density at radius 3 is 2.47 bits per heavy atom. The molecule has 0 aromatic heterocycles. The maximum Gasteiger partial charge on any atom is 0.305 e. The zero-order valence-electron chi connectivity index (χ0n) is 10.1. The lowest BCUT2D eigenvalue weighted by atomic mass is 10.1. The topological polar surface area (TPSA) is 57.6 Å². The Bertz CT molecular complexity index is 515. The number of nitrogens with zero attached hydrogens (tertiary/aromatic N) is 1. The van der Waals surface area contributed by atoms with Crippen LogP contribution in [0.1, 0.15) is 29.6 Å². The Morgan fingerprint density at radius 2 is 1.95 bits per heavy atom. The minimum atomic E-state index is -1.08. The Morgan fingerprint density at radius 1 is 1.26 bits per heavy atom. The van der Waals surface area contributed by atoms with Gasteiger partial charge in [0.05, 0.1) is 6.42 Å². The van der Waals surface area contributed by atoms with Crippen LogP contribution in [0.25, 0.3) is 0 Å². The molecule has 1 aliphatic carbocycles. The summed E-state index contributed by atoms with van der Waals surface area (Å²) in [6.45, 7) is 0.0812. The minimum Gasteiger partial charge on any atom is -0.481 e. The number of amides is 1. The number of carbonyl (C=O) groups is 2. The maximum absolute atomic E-state index is 13.1. The first kappa shape index (κ1) is 13.5. The van der Waals surface area contributed by atoms with Gasteiger partial charge in [0.2, 0.25) is 0 Å². The van der Waals surface area contributed by atoms with Gasteiger partial charge < -0.3 is 10.0 Å². The van der Waals surface area contributed by atoms with Gasteiger partial charge in [-0.15, -0.1) is 0 Å². The van der Waals surface area contributed by atoms with E-state index in [-0.39, 0.29) is 24.6 Å². The molecule has 0 aliphatic heterocycles. The molecule has 1 aliphatic rings. The second-order valence-corrected chi connectivity index (χ2v) is 4.50. The second kappa shape index (κ2) is 5.34. The summed E-state index contributed by atoms with van der Waals surface area (Å²) in [5.74, 6) is -3.55. The number of carboxylic acids is 1. The summed E-state index contributed by atoms with van der Waals surface area (Å²) >= 11 is 0. The van der Waals surface area contributed by atoms with Crippen LogP contribution < -0.4 is 0 Å². The SMILES string of the molecule is O=C(O)CCN(C(=O)c1ccc(F)c(F)c1)C1CC1. The fourth-order valence-electron chi connectivity index (χ4n) is 1.85. The van der Waals surface area contributed by atoms with Crippen LogP contribution >= 0.6 is 0 Å². The average Bonchev–Trinajstić information content (AvgIpc) is 3.16. The molecule has 1 N–H and O–H groups in total. The fourth-order valence-corrected chi connectivity index (χ4v) is 1.85. The third kappa shape index (κ3) is 3.27. The lowest BCUT2D eigenvalue weighted by Gasteiger charge is -2.21. The number of aliphatic carboxylic acids is 1. The molecule has 2 rings (SSSR count). The molecule has 4 nitrogen and oxygen atoms in total. The molecule has 0 atom stereocenters. The van der Waals surface area contributed by atoms with E-state index in [4.69, 9.17) is 5.11 Å². The van der Waals surface area contributed by atoms with E-state index in [9.17, 15) is 18.4 Å². The van der Waals surface area contributed by atoms with E-state index in [1.54, 1.807) is 0 Å². The largest absolute Gasteiger partial charge is 0.481 e. The molecule has 0 saturated heterocycles. The van der Waals surface area contributed by atoms with E-state index < -0.39 is 23.5 Å². The third-order valence-electron chi connectivity index (χ3n) is 2.98. The van der Waals surface area contributed by atoms with E-state index in [1.807, 2.05) is 0 Å². The second-order valence-electron chi connectivity index (χ2n) is 4.50. The van der Waals surface area contributed by atoms with Crippen molar-refractivity contribution in [2.24, 2.45) is 0 Å². The van der Waals surface area contributed by atoms with E-state index in [0.717, 1.165) is 25.0 Å². The molecule has 1 fully saturated rings. The molecule has 0 unspecified atom stereocenters. The normalized spacial score (nSPS) is 14.2. The van der Waals surface area contributed by atoms with Gasteiger partial charge in [-0.3, -0.25) is 9.59 Å². The van der Waals surface area contributed by atoms with Crippen LogP contribution in [0.4, 0.5) is 8.78 Å². The van der Waals surface area contributed by atoms with Gasteiger partial charge in [0.1, 0.15) is 0 Å². The number of rotatable bonds is 5. The smallest absolute Gasteiger partial charge is 0.305 e. The van der Waals surface area contributed by atoms with E-state index >= 15 is 0 Å². The summed E-state index contributed by atoms with van der Waals surface area (Å²) in [4.78, 5) is 24.1.